The topological polar surface area (TPSA) is 43.9 Å². The van der Waals surface area contributed by atoms with Crippen molar-refractivity contribution in [2.75, 3.05) is 26.2 Å². The van der Waals surface area contributed by atoms with Gasteiger partial charge in [-0.05, 0) is 65.4 Å². The molecule has 0 aliphatic carbocycles. The Hall–Kier alpha value is -3.92. The van der Waals surface area contributed by atoms with E-state index in [9.17, 15) is 22.8 Å². The molecule has 0 saturated carbocycles. The number of aryl methyl sites for hydroxylation is 1. The number of halogens is 4. The third-order valence-electron chi connectivity index (χ3n) is 9.01. The first-order chi connectivity index (χ1) is 24.1. The van der Waals surface area contributed by atoms with E-state index in [1.54, 1.807) is 16.2 Å². The molecule has 10 heteroatoms. The van der Waals surface area contributed by atoms with Crippen LogP contribution in [0, 0.1) is 0 Å². The molecular weight excluding hydrogens is 679 g/mol. The SMILES string of the molecule is CCCCCc1ccc(CN(C(=O)/C=C/c2ccc(C(F)(F)F)cc2)[C@@H](Cc2ccccc2)C(=O)N2CCN(Cc3ccc(Cl)s3)CC2)cc1. The third kappa shape index (κ3) is 10.8. The second-order valence-corrected chi connectivity index (χ2v) is 14.5. The van der Waals surface area contributed by atoms with Gasteiger partial charge in [0.25, 0.3) is 0 Å². The molecule has 264 valence electrons. The lowest BCUT2D eigenvalue weighted by molar-refractivity contribution is -0.145. The lowest BCUT2D eigenvalue weighted by Crippen LogP contribution is -2.56. The summed E-state index contributed by atoms with van der Waals surface area (Å²) in [6.45, 7) is 5.59. The number of hydrogen-bond acceptors (Lipinski definition) is 4. The number of thiophene rings is 1. The number of carbonyl (C=O) groups excluding carboxylic acids is 2. The fraction of sp³-hybridized carbons (Fsp3) is 0.350. The molecule has 1 aromatic heterocycles. The average molecular weight is 722 g/mol. The molecular formula is C40H43ClF3N3O2S. The van der Waals surface area contributed by atoms with Crippen molar-refractivity contribution in [3.8, 4) is 0 Å². The van der Waals surface area contributed by atoms with Crippen molar-refractivity contribution in [1.82, 2.24) is 14.7 Å². The lowest BCUT2D eigenvalue weighted by atomic mass is 10.0. The van der Waals surface area contributed by atoms with Crippen molar-refractivity contribution in [1.29, 1.82) is 0 Å². The van der Waals surface area contributed by atoms with Crippen molar-refractivity contribution in [3.63, 3.8) is 0 Å². The summed E-state index contributed by atoms with van der Waals surface area (Å²) in [5, 5.41) is 0. The maximum absolute atomic E-state index is 14.5. The first kappa shape index (κ1) is 37.3. The summed E-state index contributed by atoms with van der Waals surface area (Å²) in [5.41, 5.74) is 2.74. The van der Waals surface area contributed by atoms with Crippen LogP contribution in [0.1, 0.15) is 58.9 Å². The summed E-state index contributed by atoms with van der Waals surface area (Å²) in [7, 11) is 0. The van der Waals surface area contributed by atoms with E-state index in [0.29, 0.717) is 38.2 Å². The summed E-state index contributed by atoms with van der Waals surface area (Å²) in [5.74, 6) is -0.514. The molecule has 2 amide bonds. The predicted octanol–water partition coefficient (Wildman–Crippen LogP) is 9.15. The van der Waals surface area contributed by atoms with Gasteiger partial charge in [0.15, 0.2) is 0 Å². The van der Waals surface area contributed by atoms with Crippen molar-refractivity contribution < 1.29 is 22.8 Å². The molecule has 1 atom stereocenters. The van der Waals surface area contributed by atoms with Crippen LogP contribution in [0.25, 0.3) is 6.08 Å². The molecule has 1 fully saturated rings. The molecule has 5 rings (SSSR count). The maximum Gasteiger partial charge on any atom is 0.416 e. The first-order valence-electron chi connectivity index (χ1n) is 17.1. The average Bonchev–Trinajstić information content (AvgIpc) is 3.53. The number of unbranched alkanes of at least 4 members (excludes halogenated alkanes) is 2. The Kier molecular flexibility index (Phi) is 13.3. The Balaban J connectivity index is 1.40. The number of rotatable bonds is 14. The summed E-state index contributed by atoms with van der Waals surface area (Å²) in [4.78, 5) is 35.6. The summed E-state index contributed by atoms with van der Waals surface area (Å²) in [6, 6.07) is 25.7. The molecule has 0 N–H and O–H groups in total. The van der Waals surface area contributed by atoms with E-state index in [2.05, 4.69) is 24.0 Å². The van der Waals surface area contributed by atoms with Crippen LogP contribution in [0.15, 0.2) is 97.1 Å². The minimum absolute atomic E-state index is 0.125. The second kappa shape index (κ2) is 17.8. The minimum Gasteiger partial charge on any atom is -0.338 e. The van der Waals surface area contributed by atoms with Crippen LogP contribution >= 0.6 is 22.9 Å². The highest BCUT2D eigenvalue weighted by molar-refractivity contribution is 7.16. The van der Waals surface area contributed by atoms with Gasteiger partial charge < -0.3 is 9.80 Å². The number of hydrogen-bond donors (Lipinski definition) is 0. The zero-order chi connectivity index (χ0) is 35.5. The first-order valence-corrected chi connectivity index (χ1v) is 18.3. The van der Waals surface area contributed by atoms with Crippen LogP contribution in [-0.2, 0) is 41.7 Å². The van der Waals surface area contributed by atoms with E-state index in [0.717, 1.165) is 59.8 Å². The maximum atomic E-state index is 14.5. The van der Waals surface area contributed by atoms with Crippen LogP contribution in [0.4, 0.5) is 13.2 Å². The molecule has 3 aromatic carbocycles. The quantitative estimate of drug-likeness (QED) is 0.0964. The van der Waals surface area contributed by atoms with E-state index in [1.165, 1.54) is 34.7 Å². The number of nitrogens with zero attached hydrogens (tertiary/aromatic N) is 3. The van der Waals surface area contributed by atoms with Crippen LogP contribution in [-0.4, -0.2) is 58.7 Å². The normalized spacial score (nSPS) is 14.6. The van der Waals surface area contributed by atoms with Crippen molar-refractivity contribution in [2.24, 2.45) is 0 Å². The zero-order valence-electron chi connectivity index (χ0n) is 28.2. The summed E-state index contributed by atoms with van der Waals surface area (Å²) >= 11 is 7.69. The standard InChI is InChI=1S/C40H43ClF3N3O2S/c1-2-3-5-8-30-11-13-33(14-12-30)28-47(38(48)22-17-31-15-18-34(19-16-31)40(42,43)44)36(27-32-9-6-4-7-10-32)39(49)46-25-23-45(24-26-46)29-35-20-21-37(41)50-35/h4,6-7,9-22,36H,2-3,5,8,23-29H2,1H3/b22-17+/t36-/m0/s1. The Bertz CT molecular complexity index is 1700. The van der Waals surface area contributed by atoms with Gasteiger partial charge >= 0.3 is 6.18 Å². The Morgan fingerprint density at radius 2 is 1.54 bits per heavy atom. The van der Waals surface area contributed by atoms with Crippen LogP contribution in [0.2, 0.25) is 4.34 Å². The molecule has 0 unspecified atom stereocenters. The van der Waals surface area contributed by atoms with Gasteiger partial charge in [0.05, 0.1) is 9.90 Å². The number of amides is 2. The van der Waals surface area contributed by atoms with Gasteiger partial charge in [-0.2, -0.15) is 13.2 Å². The molecule has 0 spiro atoms. The molecule has 0 radical (unpaired) electrons. The zero-order valence-corrected chi connectivity index (χ0v) is 29.8. The summed E-state index contributed by atoms with van der Waals surface area (Å²) < 4.78 is 40.2. The van der Waals surface area contributed by atoms with E-state index >= 15 is 0 Å². The highest BCUT2D eigenvalue weighted by atomic mass is 35.5. The highest BCUT2D eigenvalue weighted by Crippen LogP contribution is 2.29. The molecule has 4 aromatic rings. The molecule has 5 nitrogen and oxygen atoms in total. The molecule has 50 heavy (non-hydrogen) atoms. The number of carbonyl (C=O) groups is 2. The van der Waals surface area contributed by atoms with Crippen LogP contribution in [0.5, 0.6) is 0 Å². The fourth-order valence-electron chi connectivity index (χ4n) is 6.14. The van der Waals surface area contributed by atoms with E-state index in [-0.39, 0.29) is 18.4 Å². The third-order valence-corrected chi connectivity index (χ3v) is 10.2. The van der Waals surface area contributed by atoms with Crippen LogP contribution < -0.4 is 0 Å². The fourth-order valence-corrected chi connectivity index (χ4v) is 7.27. The summed E-state index contributed by atoms with van der Waals surface area (Å²) in [6.07, 6.45) is 3.13. The highest BCUT2D eigenvalue weighted by Gasteiger charge is 2.34. The van der Waals surface area contributed by atoms with Crippen LogP contribution in [0.3, 0.4) is 0 Å². The molecule has 1 aliphatic rings. The lowest BCUT2D eigenvalue weighted by Gasteiger charge is -2.39. The molecule has 2 heterocycles. The number of alkyl halides is 3. The smallest absolute Gasteiger partial charge is 0.338 e. The molecule has 0 bridgehead atoms. The van der Waals surface area contributed by atoms with E-state index in [1.807, 2.05) is 59.5 Å². The molecule has 1 aliphatic heterocycles. The van der Waals surface area contributed by atoms with Gasteiger partial charge in [0.2, 0.25) is 11.8 Å². The monoisotopic (exact) mass is 721 g/mol. The van der Waals surface area contributed by atoms with Gasteiger partial charge in [0, 0.05) is 56.6 Å². The van der Waals surface area contributed by atoms with Gasteiger partial charge in [-0.3, -0.25) is 14.5 Å². The minimum atomic E-state index is -4.45. The Morgan fingerprint density at radius 3 is 2.16 bits per heavy atom. The number of piperazine rings is 1. The van der Waals surface area contributed by atoms with Gasteiger partial charge in [-0.25, -0.2) is 0 Å². The second-order valence-electron chi connectivity index (χ2n) is 12.7. The predicted molar refractivity (Wildman–Crippen MR) is 196 cm³/mol. The molecule has 1 saturated heterocycles. The largest absolute Gasteiger partial charge is 0.416 e. The number of benzene rings is 3. The Labute approximate surface area is 302 Å². The van der Waals surface area contributed by atoms with Gasteiger partial charge in [0.1, 0.15) is 6.04 Å². The van der Waals surface area contributed by atoms with Gasteiger partial charge in [-0.1, -0.05) is 98.1 Å². The Morgan fingerprint density at radius 1 is 0.860 bits per heavy atom. The van der Waals surface area contributed by atoms with E-state index in [4.69, 9.17) is 11.6 Å². The van der Waals surface area contributed by atoms with Gasteiger partial charge in [-0.15, -0.1) is 11.3 Å². The van der Waals surface area contributed by atoms with E-state index < -0.39 is 17.8 Å². The van der Waals surface area contributed by atoms with Crippen molar-refractivity contribution in [2.45, 2.75) is 64.3 Å². The van der Waals surface area contributed by atoms with Crippen molar-refractivity contribution >= 4 is 40.8 Å². The van der Waals surface area contributed by atoms with Crippen molar-refractivity contribution in [3.05, 3.63) is 134 Å².